The molecular weight excluding hydrogens is 258 g/mol. The molecule has 2 fully saturated rings. The van der Waals surface area contributed by atoms with Crippen molar-refractivity contribution in [1.82, 2.24) is 9.80 Å². The topological polar surface area (TPSA) is 32.5 Å². The van der Waals surface area contributed by atoms with E-state index in [0.717, 1.165) is 12.5 Å². The van der Waals surface area contributed by atoms with Gasteiger partial charge in [-0.3, -0.25) is 4.90 Å². The van der Waals surface area contributed by atoms with Gasteiger partial charge in [-0.05, 0) is 63.4 Å². The average molecular weight is 287 g/mol. The number of rotatable bonds is 5. The molecule has 2 N–H and O–H groups in total. The summed E-state index contributed by atoms with van der Waals surface area (Å²) in [6.07, 6.45) is 5.32. The zero-order valence-electron chi connectivity index (χ0n) is 13.5. The van der Waals surface area contributed by atoms with Crippen molar-refractivity contribution in [2.45, 2.75) is 43.7 Å². The Kier molecular flexibility index (Phi) is 4.63. The standard InChI is InChI=1S/C18H29N3/c1-20(2)17-7-4-10-21(13-17)18(12-19)16-6-3-5-15(11-16)14-8-9-14/h3,5-6,11,14,17-18H,4,7-10,12-13,19H2,1-2H3. The van der Waals surface area contributed by atoms with E-state index < -0.39 is 0 Å². The monoisotopic (exact) mass is 287 g/mol. The quantitative estimate of drug-likeness (QED) is 0.903. The maximum absolute atomic E-state index is 6.14. The van der Waals surface area contributed by atoms with Gasteiger partial charge >= 0.3 is 0 Å². The van der Waals surface area contributed by atoms with Crippen LogP contribution in [0.4, 0.5) is 0 Å². The van der Waals surface area contributed by atoms with Crippen LogP contribution in [0.3, 0.4) is 0 Å². The third-order valence-electron chi connectivity index (χ3n) is 5.17. The lowest BCUT2D eigenvalue weighted by atomic mass is 9.97. The van der Waals surface area contributed by atoms with Gasteiger partial charge in [-0.25, -0.2) is 0 Å². The fourth-order valence-corrected chi connectivity index (χ4v) is 3.62. The van der Waals surface area contributed by atoms with Gasteiger partial charge in [0.2, 0.25) is 0 Å². The van der Waals surface area contributed by atoms with E-state index >= 15 is 0 Å². The van der Waals surface area contributed by atoms with E-state index in [1.807, 2.05) is 0 Å². The second-order valence-electron chi connectivity index (χ2n) is 6.95. The summed E-state index contributed by atoms with van der Waals surface area (Å²) in [4.78, 5) is 4.96. The molecule has 1 aliphatic carbocycles. The molecule has 0 bridgehead atoms. The van der Waals surface area contributed by atoms with Crippen LogP contribution in [0, 0.1) is 0 Å². The van der Waals surface area contributed by atoms with Gasteiger partial charge in [-0.2, -0.15) is 0 Å². The van der Waals surface area contributed by atoms with Crippen molar-refractivity contribution in [3.8, 4) is 0 Å². The second kappa shape index (κ2) is 6.47. The Labute approximate surface area is 129 Å². The van der Waals surface area contributed by atoms with Crippen LogP contribution in [0.25, 0.3) is 0 Å². The van der Waals surface area contributed by atoms with Gasteiger partial charge in [0.05, 0.1) is 0 Å². The molecule has 1 aromatic rings. The molecule has 0 aromatic heterocycles. The highest BCUT2D eigenvalue weighted by molar-refractivity contribution is 5.31. The van der Waals surface area contributed by atoms with E-state index in [0.29, 0.717) is 18.6 Å². The molecule has 2 unspecified atom stereocenters. The summed E-state index contributed by atoms with van der Waals surface area (Å²) < 4.78 is 0. The molecule has 3 rings (SSSR count). The molecule has 3 nitrogen and oxygen atoms in total. The lowest BCUT2D eigenvalue weighted by Gasteiger charge is -2.40. The van der Waals surface area contributed by atoms with Gasteiger partial charge < -0.3 is 10.6 Å². The van der Waals surface area contributed by atoms with Crippen molar-refractivity contribution in [1.29, 1.82) is 0 Å². The highest BCUT2D eigenvalue weighted by Gasteiger charge is 2.28. The van der Waals surface area contributed by atoms with Crippen molar-refractivity contribution in [3.63, 3.8) is 0 Å². The predicted octanol–water partition coefficient (Wildman–Crippen LogP) is 2.59. The van der Waals surface area contributed by atoms with Gasteiger partial charge in [-0.15, -0.1) is 0 Å². The first kappa shape index (κ1) is 15.0. The summed E-state index contributed by atoms with van der Waals surface area (Å²) in [5.41, 5.74) is 9.08. The van der Waals surface area contributed by atoms with Crippen molar-refractivity contribution in [3.05, 3.63) is 35.4 Å². The van der Waals surface area contributed by atoms with Gasteiger partial charge in [0.25, 0.3) is 0 Å². The summed E-state index contributed by atoms with van der Waals surface area (Å²) in [6.45, 7) is 3.04. The molecule has 2 aliphatic rings. The molecule has 1 saturated heterocycles. The molecule has 1 aliphatic heterocycles. The van der Waals surface area contributed by atoms with Gasteiger partial charge in [0.1, 0.15) is 0 Å². The van der Waals surface area contributed by atoms with Gasteiger partial charge in [0, 0.05) is 25.2 Å². The minimum absolute atomic E-state index is 0.381. The zero-order valence-corrected chi connectivity index (χ0v) is 13.5. The molecule has 2 atom stereocenters. The molecule has 116 valence electrons. The molecule has 21 heavy (non-hydrogen) atoms. The van der Waals surface area contributed by atoms with Crippen molar-refractivity contribution < 1.29 is 0 Å². The van der Waals surface area contributed by atoms with E-state index in [2.05, 4.69) is 48.2 Å². The highest BCUT2D eigenvalue weighted by atomic mass is 15.2. The number of nitrogens with zero attached hydrogens (tertiary/aromatic N) is 2. The highest BCUT2D eigenvalue weighted by Crippen LogP contribution is 2.41. The normalized spacial score (nSPS) is 25.2. The average Bonchev–Trinajstić information content (AvgIpc) is 3.33. The predicted molar refractivity (Wildman–Crippen MR) is 88.5 cm³/mol. The van der Waals surface area contributed by atoms with E-state index in [-0.39, 0.29) is 0 Å². The Morgan fingerprint density at radius 2 is 2.10 bits per heavy atom. The van der Waals surface area contributed by atoms with Crippen LogP contribution in [-0.4, -0.2) is 49.6 Å². The summed E-state index contributed by atoms with van der Waals surface area (Å²) in [6, 6.07) is 10.2. The lowest BCUT2D eigenvalue weighted by Crippen LogP contribution is -2.47. The van der Waals surface area contributed by atoms with Crippen LogP contribution in [0.2, 0.25) is 0 Å². The number of likely N-dealkylation sites (tertiary alicyclic amines) is 1. The Morgan fingerprint density at radius 1 is 1.29 bits per heavy atom. The van der Waals surface area contributed by atoms with Crippen molar-refractivity contribution >= 4 is 0 Å². The lowest BCUT2D eigenvalue weighted by molar-refractivity contribution is 0.0984. The largest absolute Gasteiger partial charge is 0.329 e. The fourth-order valence-electron chi connectivity index (χ4n) is 3.62. The Morgan fingerprint density at radius 3 is 2.76 bits per heavy atom. The van der Waals surface area contributed by atoms with E-state index in [1.165, 1.54) is 43.4 Å². The van der Waals surface area contributed by atoms with Crippen LogP contribution in [-0.2, 0) is 0 Å². The first-order valence-corrected chi connectivity index (χ1v) is 8.39. The van der Waals surface area contributed by atoms with Crippen LogP contribution in [0.15, 0.2) is 24.3 Å². The Balaban J connectivity index is 1.75. The van der Waals surface area contributed by atoms with Crippen LogP contribution < -0.4 is 5.73 Å². The van der Waals surface area contributed by atoms with Gasteiger partial charge in [-0.1, -0.05) is 24.3 Å². The summed E-state index contributed by atoms with van der Waals surface area (Å²) in [5, 5.41) is 0. The number of hydrogen-bond donors (Lipinski definition) is 1. The molecule has 0 spiro atoms. The molecule has 1 saturated carbocycles. The van der Waals surface area contributed by atoms with E-state index in [9.17, 15) is 0 Å². The van der Waals surface area contributed by atoms with Crippen molar-refractivity contribution in [2.75, 3.05) is 33.7 Å². The number of likely N-dealkylation sites (N-methyl/N-ethyl adjacent to an activating group) is 1. The Bertz CT molecular complexity index is 467. The fraction of sp³-hybridized carbons (Fsp3) is 0.667. The molecule has 0 amide bonds. The Hall–Kier alpha value is -0.900. The first-order valence-electron chi connectivity index (χ1n) is 8.39. The zero-order chi connectivity index (χ0) is 14.8. The number of piperidine rings is 1. The number of hydrogen-bond acceptors (Lipinski definition) is 3. The molecule has 1 aromatic carbocycles. The summed E-state index contributed by atoms with van der Waals surface area (Å²) in [5.74, 6) is 0.819. The third-order valence-corrected chi connectivity index (χ3v) is 5.17. The smallest absolute Gasteiger partial charge is 0.0471 e. The number of benzene rings is 1. The summed E-state index contributed by atoms with van der Waals surface area (Å²) >= 11 is 0. The van der Waals surface area contributed by atoms with Gasteiger partial charge in [0.15, 0.2) is 0 Å². The van der Waals surface area contributed by atoms with Crippen molar-refractivity contribution in [2.24, 2.45) is 5.73 Å². The molecular formula is C18H29N3. The SMILES string of the molecule is CN(C)C1CCCN(C(CN)c2cccc(C3CC3)c2)C1. The maximum atomic E-state index is 6.14. The molecule has 3 heteroatoms. The van der Waals surface area contributed by atoms with E-state index in [1.54, 1.807) is 0 Å². The van der Waals surface area contributed by atoms with Crippen LogP contribution >= 0.6 is 0 Å². The number of nitrogens with two attached hydrogens (primary N) is 1. The second-order valence-corrected chi connectivity index (χ2v) is 6.95. The first-order chi connectivity index (χ1) is 10.2. The minimum atomic E-state index is 0.381. The molecule has 0 radical (unpaired) electrons. The minimum Gasteiger partial charge on any atom is -0.329 e. The maximum Gasteiger partial charge on any atom is 0.0471 e. The van der Waals surface area contributed by atoms with E-state index in [4.69, 9.17) is 5.73 Å². The van der Waals surface area contributed by atoms with Crippen LogP contribution in [0.5, 0.6) is 0 Å². The third kappa shape index (κ3) is 3.47. The summed E-state index contributed by atoms with van der Waals surface area (Å²) in [7, 11) is 4.39. The molecule has 1 heterocycles. The van der Waals surface area contributed by atoms with Crippen LogP contribution in [0.1, 0.15) is 48.8 Å².